The van der Waals surface area contributed by atoms with Gasteiger partial charge >= 0.3 is 0 Å². The van der Waals surface area contributed by atoms with Crippen LogP contribution in [0.15, 0.2) is 66.7 Å². The standard InChI is InChI=1S/C25H26ClFN2O/c1-18-8-3-4-9-19(18)16-28-14-15-29(17-21-22(26)11-7-12-23(21)27)25(28)20-10-5-6-13-24(20)30-2/h3-13,25H,14-17H2,1-2H3/p+2. The predicted molar refractivity (Wildman–Crippen MR) is 117 cm³/mol. The summed E-state index contributed by atoms with van der Waals surface area (Å²) in [4.78, 5) is 2.76. The molecule has 1 aliphatic heterocycles. The second-order valence-corrected chi connectivity index (χ2v) is 8.38. The number of hydrogen-bond acceptors (Lipinski definition) is 1. The third-order valence-electron chi connectivity index (χ3n) is 6.18. The Hall–Kier alpha value is -2.40. The number of para-hydroxylation sites is 1. The van der Waals surface area contributed by atoms with Crippen molar-refractivity contribution in [3.05, 3.63) is 99.8 Å². The van der Waals surface area contributed by atoms with E-state index in [1.165, 1.54) is 27.0 Å². The lowest BCUT2D eigenvalue weighted by Gasteiger charge is -2.26. The van der Waals surface area contributed by atoms with Crippen molar-refractivity contribution in [2.45, 2.75) is 26.2 Å². The average molecular weight is 427 g/mol. The van der Waals surface area contributed by atoms with E-state index in [4.69, 9.17) is 16.3 Å². The van der Waals surface area contributed by atoms with Crippen LogP contribution in [0.1, 0.15) is 28.4 Å². The highest BCUT2D eigenvalue weighted by molar-refractivity contribution is 6.31. The summed E-state index contributed by atoms with van der Waals surface area (Å²) in [6.45, 7) is 5.56. The quantitative estimate of drug-likeness (QED) is 0.620. The van der Waals surface area contributed by atoms with Crippen molar-refractivity contribution in [3.63, 3.8) is 0 Å². The van der Waals surface area contributed by atoms with Crippen LogP contribution in [0.2, 0.25) is 5.02 Å². The van der Waals surface area contributed by atoms with Gasteiger partial charge in [0.2, 0.25) is 6.17 Å². The van der Waals surface area contributed by atoms with Crippen LogP contribution in [0.5, 0.6) is 5.75 Å². The Morgan fingerprint density at radius 2 is 1.63 bits per heavy atom. The van der Waals surface area contributed by atoms with Crippen molar-refractivity contribution >= 4 is 11.6 Å². The molecular weight excluding hydrogens is 399 g/mol. The van der Waals surface area contributed by atoms with Crippen LogP contribution in [-0.4, -0.2) is 20.2 Å². The van der Waals surface area contributed by atoms with E-state index in [1.54, 1.807) is 19.2 Å². The molecule has 2 N–H and O–H groups in total. The molecule has 0 amide bonds. The SMILES string of the molecule is COc1ccccc1C1[NH+](Cc2ccccc2C)CC[NH+]1Cc1c(F)cccc1Cl. The van der Waals surface area contributed by atoms with Crippen LogP contribution in [0.25, 0.3) is 0 Å². The topological polar surface area (TPSA) is 18.1 Å². The third kappa shape index (κ3) is 4.22. The summed E-state index contributed by atoms with van der Waals surface area (Å²) >= 11 is 6.36. The Morgan fingerprint density at radius 3 is 2.37 bits per heavy atom. The second-order valence-electron chi connectivity index (χ2n) is 7.97. The molecule has 5 heteroatoms. The number of aryl methyl sites for hydroxylation is 1. The molecule has 0 aromatic heterocycles. The maximum Gasteiger partial charge on any atom is 0.244 e. The Kier molecular flexibility index (Phi) is 6.38. The van der Waals surface area contributed by atoms with Crippen LogP contribution in [0.3, 0.4) is 0 Å². The second kappa shape index (κ2) is 9.17. The summed E-state index contributed by atoms with van der Waals surface area (Å²) in [6.07, 6.45) is 0.136. The van der Waals surface area contributed by atoms with E-state index >= 15 is 0 Å². The van der Waals surface area contributed by atoms with Gasteiger partial charge in [-0.05, 0) is 36.8 Å². The average Bonchev–Trinajstić information content (AvgIpc) is 3.14. The van der Waals surface area contributed by atoms with Crippen LogP contribution in [0.4, 0.5) is 4.39 Å². The molecule has 4 rings (SSSR count). The molecule has 1 heterocycles. The van der Waals surface area contributed by atoms with Gasteiger partial charge in [-0.1, -0.05) is 54.1 Å². The summed E-state index contributed by atoms with van der Waals surface area (Å²) in [5.41, 5.74) is 4.39. The fourth-order valence-corrected chi connectivity index (χ4v) is 4.84. The number of ether oxygens (including phenoxy) is 1. The highest BCUT2D eigenvalue weighted by Gasteiger charge is 2.43. The van der Waals surface area contributed by atoms with Crippen molar-refractivity contribution in [1.82, 2.24) is 0 Å². The van der Waals surface area contributed by atoms with Crippen LogP contribution in [0, 0.1) is 12.7 Å². The summed E-state index contributed by atoms with van der Waals surface area (Å²) in [5, 5.41) is 0.494. The minimum absolute atomic E-state index is 0.136. The fraction of sp³-hybridized carbons (Fsp3) is 0.280. The number of nitrogens with one attached hydrogen (secondary N) is 2. The summed E-state index contributed by atoms with van der Waals surface area (Å²) in [5.74, 6) is 0.643. The first-order valence-electron chi connectivity index (χ1n) is 10.4. The minimum atomic E-state index is -0.235. The molecule has 0 radical (unpaired) electrons. The normalized spacial score (nSPS) is 21.0. The van der Waals surface area contributed by atoms with Gasteiger partial charge in [0.05, 0.1) is 17.7 Å². The Labute approximate surface area is 182 Å². The largest absolute Gasteiger partial charge is 0.496 e. The first-order valence-corrected chi connectivity index (χ1v) is 10.8. The van der Waals surface area contributed by atoms with Gasteiger partial charge in [0.15, 0.2) is 0 Å². The number of quaternary nitrogens is 2. The minimum Gasteiger partial charge on any atom is -0.496 e. The van der Waals surface area contributed by atoms with Crippen LogP contribution < -0.4 is 14.5 Å². The lowest BCUT2D eigenvalue weighted by atomic mass is 10.1. The molecule has 3 aromatic carbocycles. The van der Waals surface area contributed by atoms with Crippen molar-refractivity contribution in [1.29, 1.82) is 0 Å². The number of hydrogen-bond donors (Lipinski definition) is 2. The molecule has 30 heavy (non-hydrogen) atoms. The van der Waals surface area contributed by atoms with Crippen LogP contribution in [-0.2, 0) is 13.1 Å². The third-order valence-corrected chi connectivity index (χ3v) is 6.53. The molecule has 0 aliphatic carbocycles. The molecular formula is C25H28ClFN2O+2. The molecule has 0 spiro atoms. The van der Waals surface area contributed by atoms with Gasteiger partial charge in [-0.2, -0.15) is 0 Å². The zero-order valence-corrected chi connectivity index (χ0v) is 18.2. The zero-order valence-electron chi connectivity index (χ0n) is 17.4. The number of benzene rings is 3. The van der Waals surface area contributed by atoms with Gasteiger partial charge in [0.25, 0.3) is 0 Å². The smallest absolute Gasteiger partial charge is 0.244 e. The molecule has 3 aromatic rings. The van der Waals surface area contributed by atoms with Crippen molar-refractivity contribution in [2.75, 3.05) is 20.2 Å². The van der Waals surface area contributed by atoms with Crippen LogP contribution >= 0.6 is 11.6 Å². The highest BCUT2D eigenvalue weighted by atomic mass is 35.5. The van der Waals surface area contributed by atoms with Gasteiger partial charge < -0.3 is 4.74 Å². The molecule has 3 nitrogen and oxygen atoms in total. The number of halogens is 2. The van der Waals surface area contributed by atoms with Gasteiger partial charge in [-0.3, -0.25) is 9.80 Å². The first kappa shape index (κ1) is 20.9. The molecule has 3 unspecified atom stereocenters. The maximum absolute atomic E-state index is 14.5. The van der Waals surface area contributed by atoms with Gasteiger partial charge in [0, 0.05) is 5.56 Å². The van der Waals surface area contributed by atoms with E-state index in [0.29, 0.717) is 17.1 Å². The molecule has 1 aliphatic rings. The molecule has 0 bridgehead atoms. The summed E-state index contributed by atoms with van der Waals surface area (Å²) in [6, 6.07) is 21.6. The molecule has 1 saturated heterocycles. The van der Waals surface area contributed by atoms with Gasteiger partial charge in [0.1, 0.15) is 43.3 Å². The first-order chi connectivity index (χ1) is 14.6. The molecule has 1 fully saturated rings. The van der Waals surface area contributed by atoms with Crippen molar-refractivity contribution < 1.29 is 18.9 Å². The van der Waals surface area contributed by atoms with E-state index in [2.05, 4.69) is 43.3 Å². The van der Waals surface area contributed by atoms with Gasteiger partial charge in [-0.25, -0.2) is 4.39 Å². The van der Waals surface area contributed by atoms with Crippen molar-refractivity contribution in [3.8, 4) is 5.75 Å². The summed E-state index contributed by atoms with van der Waals surface area (Å²) < 4.78 is 20.2. The van der Waals surface area contributed by atoms with E-state index in [9.17, 15) is 4.39 Å². The van der Waals surface area contributed by atoms with E-state index in [0.717, 1.165) is 30.9 Å². The number of methoxy groups -OCH3 is 1. The van der Waals surface area contributed by atoms with E-state index < -0.39 is 0 Å². The lowest BCUT2D eigenvalue weighted by molar-refractivity contribution is -1.09. The predicted octanol–water partition coefficient (Wildman–Crippen LogP) is 2.98. The van der Waals surface area contributed by atoms with Crippen molar-refractivity contribution in [2.24, 2.45) is 0 Å². The Morgan fingerprint density at radius 1 is 0.933 bits per heavy atom. The Bertz CT molecular complexity index is 1010. The van der Waals surface area contributed by atoms with Gasteiger partial charge in [-0.15, -0.1) is 0 Å². The molecule has 0 saturated carbocycles. The lowest BCUT2D eigenvalue weighted by Crippen LogP contribution is -3.22. The number of rotatable bonds is 6. The maximum atomic E-state index is 14.5. The summed E-state index contributed by atoms with van der Waals surface area (Å²) in [7, 11) is 1.71. The molecule has 3 atom stereocenters. The fourth-order valence-electron chi connectivity index (χ4n) is 4.61. The van der Waals surface area contributed by atoms with E-state index in [1.807, 2.05) is 12.1 Å². The Balaban J connectivity index is 1.70. The monoisotopic (exact) mass is 426 g/mol. The zero-order chi connectivity index (χ0) is 21.1. The highest BCUT2D eigenvalue weighted by Crippen LogP contribution is 2.23. The molecule has 156 valence electrons. The van der Waals surface area contributed by atoms with E-state index in [-0.39, 0.29) is 12.0 Å².